The predicted octanol–water partition coefficient (Wildman–Crippen LogP) is 4.28. The Kier molecular flexibility index (Phi) is 11.5. The molecule has 2 amide bonds. The van der Waals surface area contributed by atoms with E-state index in [0.717, 1.165) is 38.0 Å². The average Bonchev–Trinajstić information content (AvgIpc) is 3.70. The molecule has 4 aliphatic heterocycles. The molecule has 4 saturated heterocycles. The lowest BCUT2D eigenvalue weighted by Crippen LogP contribution is -2.55. The van der Waals surface area contributed by atoms with Gasteiger partial charge in [0.1, 0.15) is 11.9 Å². The number of hydrogen-bond donors (Lipinski definition) is 4. The minimum absolute atomic E-state index is 0.0620. The fourth-order valence-electron chi connectivity index (χ4n) is 8.33. The van der Waals surface area contributed by atoms with Crippen LogP contribution in [-0.4, -0.2) is 113 Å². The first kappa shape index (κ1) is 37.7. The number of piperidine rings is 4. The maximum absolute atomic E-state index is 14.0. The molecular weight excluding hydrogens is 707 g/mol. The van der Waals surface area contributed by atoms with Gasteiger partial charge in [0.15, 0.2) is 0 Å². The van der Waals surface area contributed by atoms with E-state index in [1.807, 2.05) is 37.3 Å². The highest BCUT2D eigenvalue weighted by Gasteiger charge is 2.47. The molecule has 286 valence electrons. The molecule has 4 N–H and O–H groups in total. The summed E-state index contributed by atoms with van der Waals surface area (Å²) in [5, 5.41) is 24.8. The number of fused-ring (bicyclic) bond motifs is 4. The molecule has 54 heavy (non-hydrogen) atoms. The van der Waals surface area contributed by atoms with Crippen molar-refractivity contribution in [2.45, 2.75) is 56.7 Å². The van der Waals surface area contributed by atoms with Crippen molar-refractivity contribution >= 4 is 40.0 Å². The molecule has 0 saturated carbocycles. The van der Waals surface area contributed by atoms with E-state index in [0.29, 0.717) is 78.6 Å². The van der Waals surface area contributed by atoms with Crippen molar-refractivity contribution in [2.24, 2.45) is 5.92 Å². The number of aromatic nitrogens is 1. The van der Waals surface area contributed by atoms with Gasteiger partial charge in [0.2, 0.25) is 5.56 Å². The van der Waals surface area contributed by atoms with Crippen molar-refractivity contribution in [2.75, 3.05) is 58.9 Å². The third kappa shape index (κ3) is 7.81. The highest BCUT2D eigenvalue weighted by Crippen LogP contribution is 2.40. The predicted molar refractivity (Wildman–Crippen MR) is 207 cm³/mol. The highest BCUT2D eigenvalue weighted by molar-refractivity contribution is 7.15. The Hall–Kier alpha value is -4.56. The van der Waals surface area contributed by atoms with Gasteiger partial charge in [0.05, 0.1) is 26.8 Å². The molecule has 0 aliphatic carbocycles. The van der Waals surface area contributed by atoms with Crippen LogP contribution < -0.4 is 10.9 Å². The number of aromatic amines is 1. The number of aliphatic hydroxyl groups is 1. The fourth-order valence-corrected chi connectivity index (χ4v) is 9.27. The second kappa shape index (κ2) is 16.4. The lowest BCUT2D eigenvalue weighted by atomic mass is 9.72. The zero-order valence-corrected chi connectivity index (χ0v) is 31.5. The summed E-state index contributed by atoms with van der Waals surface area (Å²) in [5.41, 5.74) is 0.656. The van der Waals surface area contributed by atoms with Gasteiger partial charge < -0.3 is 35.1 Å². The quantitative estimate of drug-likeness (QED) is 0.116. The summed E-state index contributed by atoms with van der Waals surface area (Å²) >= 11 is 1.20. The third-order valence-corrected chi connectivity index (χ3v) is 12.6. The second-order valence-corrected chi connectivity index (χ2v) is 15.8. The first-order chi connectivity index (χ1) is 26.2. The first-order valence-corrected chi connectivity index (χ1v) is 19.9. The van der Waals surface area contributed by atoms with Crippen molar-refractivity contribution in [3.05, 3.63) is 98.0 Å². The minimum atomic E-state index is -0.872. The molecule has 2 bridgehead atoms. The number of aromatic hydroxyl groups is 1. The monoisotopic (exact) mass is 755 g/mol. The van der Waals surface area contributed by atoms with E-state index in [1.165, 1.54) is 23.5 Å². The Morgan fingerprint density at radius 1 is 1.00 bits per heavy atom. The maximum atomic E-state index is 14.0. The molecule has 4 aliphatic rings. The third-order valence-electron chi connectivity index (χ3n) is 11.6. The standard InChI is InChI=1S/C41H49N5O7S/c1-2-45(20-6-19-42-25-32(48)29-9-11-31(47)37-30(29)10-14-36(49)43-37)38(50)34-12-13-35(54-34)39(51)46-23-17-41(18-24-46,28-7-4-3-5-8-28)40(52)53-33-26-44-21-15-27(33)16-22-44/h3-5,7-14,27,32-33,42,47-48H,2,6,15-26H2,1H3,(H,43,49)/t32?,33-/m0/s1. The largest absolute Gasteiger partial charge is 0.506 e. The zero-order chi connectivity index (χ0) is 37.8. The number of H-pyrrole nitrogens is 1. The number of esters is 1. The van der Waals surface area contributed by atoms with Crippen LogP contribution in [0.25, 0.3) is 10.9 Å². The van der Waals surface area contributed by atoms with Crippen LogP contribution in [0, 0.1) is 5.92 Å². The second-order valence-electron chi connectivity index (χ2n) is 14.7. The minimum Gasteiger partial charge on any atom is -0.506 e. The molecule has 0 spiro atoms. The number of thiophene rings is 1. The van der Waals surface area contributed by atoms with Crippen LogP contribution in [0.1, 0.15) is 75.6 Å². The summed E-state index contributed by atoms with van der Waals surface area (Å²) < 4.78 is 6.30. The van der Waals surface area contributed by atoms with Gasteiger partial charge in [-0.15, -0.1) is 11.3 Å². The lowest BCUT2D eigenvalue weighted by Gasteiger charge is -2.46. The van der Waals surface area contributed by atoms with Crippen molar-refractivity contribution in [3.63, 3.8) is 0 Å². The summed E-state index contributed by atoms with van der Waals surface area (Å²) in [4.78, 5) is 62.5. The number of nitrogens with one attached hydrogen (secondary N) is 2. The molecule has 8 rings (SSSR count). The van der Waals surface area contributed by atoms with Gasteiger partial charge in [-0.2, -0.15) is 0 Å². The molecule has 2 aromatic heterocycles. The van der Waals surface area contributed by atoms with E-state index in [-0.39, 0.29) is 47.3 Å². The van der Waals surface area contributed by atoms with E-state index in [4.69, 9.17) is 4.74 Å². The molecule has 2 atom stereocenters. The number of pyridine rings is 1. The highest BCUT2D eigenvalue weighted by atomic mass is 32.1. The van der Waals surface area contributed by atoms with Crippen LogP contribution in [0.5, 0.6) is 5.75 Å². The Bertz CT molecular complexity index is 2020. The van der Waals surface area contributed by atoms with Crippen molar-refractivity contribution in [1.29, 1.82) is 0 Å². The molecule has 13 heteroatoms. The molecule has 12 nitrogen and oxygen atoms in total. The number of phenolic OH excluding ortho intramolecular Hbond substituents is 1. The van der Waals surface area contributed by atoms with Crippen LogP contribution >= 0.6 is 11.3 Å². The summed E-state index contributed by atoms with van der Waals surface area (Å²) in [6, 6.07) is 19.3. The number of ether oxygens (including phenoxy) is 1. The molecular formula is C41H49N5O7S. The summed E-state index contributed by atoms with van der Waals surface area (Å²) in [5.74, 6) is -0.0985. The van der Waals surface area contributed by atoms with Gasteiger partial charge in [-0.3, -0.25) is 24.1 Å². The van der Waals surface area contributed by atoms with Gasteiger partial charge in [-0.25, -0.2) is 0 Å². The zero-order valence-electron chi connectivity index (χ0n) is 30.7. The number of carbonyl (C=O) groups is 3. The number of aliphatic hydroxyl groups excluding tert-OH is 1. The van der Waals surface area contributed by atoms with E-state index < -0.39 is 11.5 Å². The van der Waals surface area contributed by atoms with Crippen molar-refractivity contribution in [3.8, 4) is 5.75 Å². The van der Waals surface area contributed by atoms with Crippen LogP contribution in [-0.2, 0) is 14.9 Å². The molecule has 6 heterocycles. The number of likely N-dealkylation sites (tertiary alicyclic amines) is 1. The number of amides is 2. The number of phenols is 1. The smallest absolute Gasteiger partial charge is 0.317 e. The van der Waals surface area contributed by atoms with Gasteiger partial charge in [-0.1, -0.05) is 36.4 Å². The number of carbonyl (C=O) groups excluding carboxylic acids is 3. The molecule has 4 aromatic rings. The molecule has 1 unspecified atom stereocenters. The van der Waals surface area contributed by atoms with Crippen molar-refractivity contribution in [1.82, 2.24) is 25.0 Å². The number of rotatable bonds is 13. The van der Waals surface area contributed by atoms with Gasteiger partial charge in [0, 0.05) is 50.7 Å². The van der Waals surface area contributed by atoms with E-state index >= 15 is 0 Å². The Morgan fingerprint density at radius 2 is 1.74 bits per heavy atom. The molecule has 2 aromatic carbocycles. The Balaban J connectivity index is 0.913. The first-order valence-electron chi connectivity index (χ1n) is 19.1. The van der Waals surface area contributed by atoms with Gasteiger partial charge >= 0.3 is 5.97 Å². The summed E-state index contributed by atoms with van der Waals surface area (Å²) in [6.07, 6.45) is 2.77. The molecule has 4 fully saturated rings. The summed E-state index contributed by atoms with van der Waals surface area (Å²) in [7, 11) is 0. The van der Waals surface area contributed by atoms with E-state index in [1.54, 1.807) is 34.1 Å². The summed E-state index contributed by atoms with van der Waals surface area (Å²) in [6.45, 7) is 7.49. The lowest BCUT2D eigenvalue weighted by molar-refractivity contribution is -0.167. The average molecular weight is 756 g/mol. The van der Waals surface area contributed by atoms with Crippen LogP contribution in [0.15, 0.2) is 71.5 Å². The van der Waals surface area contributed by atoms with Gasteiger partial charge in [0.25, 0.3) is 11.8 Å². The van der Waals surface area contributed by atoms with Crippen LogP contribution in [0.3, 0.4) is 0 Å². The normalized spacial score (nSPS) is 21.1. The number of nitrogens with zero attached hydrogens (tertiary/aromatic N) is 3. The Labute approximate surface area is 318 Å². The Morgan fingerprint density at radius 3 is 2.44 bits per heavy atom. The fraction of sp³-hybridized carbons (Fsp3) is 0.463. The van der Waals surface area contributed by atoms with Gasteiger partial charge in [-0.05, 0) is 100.0 Å². The maximum Gasteiger partial charge on any atom is 0.317 e. The van der Waals surface area contributed by atoms with Crippen molar-refractivity contribution < 1.29 is 29.3 Å². The molecule has 0 radical (unpaired) electrons. The van der Waals surface area contributed by atoms with E-state index in [9.17, 15) is 29.4 Å². The topological polar surface area (TPSA) is 156 Å². The SMILES string of the molecule is CCN(CCCNCC(O)c1ccc(O)c2[nH]c(=O)ccc12)C(=O)c1ccc(C(=O)N2CCC(C(=O)O[C@H]3CN4CCC3CC4)(c3ccccc3)CC2)s1. The van der Waals surface area contributed by atoms with Crippen LogP contribution in [0.4, 0.5) is 0 Å². The van der Waals surface area contributed by atoms with E-state index in [2.05, 4.69) is 15.2 Å². The number of benzene rings is 2. The number of hydrogen-bond acceptors (Lipinski definition) is 10. The van der Waals surface area contributed by atoms with Crippen LogP contribution in [0.2, 0.25) is 0 Å².